The second-order valence-electron chi connectivity index (χ2n) is 6.61. The van der Waals surface area contributed by atoms with E-state index in [9.17, 15) is 14.9 Å². The minimum Gasteiger partial charge on any atom is -0.495 e. The number of benzene rings is 2. The van der Waals surface area contributed by atoms with Crippen molar-refractivity contribution in [3.63, 3.8) is 0 Å². The van der Waals surface area contributed by atoms with E-state index < -0.39 is 22.7 Å². The number of rotatable bonds is 3. The van der Waals surface area contributed by atoms with Crippen LogP contribution in [0.15, 0.2) is 36.4 Å². The average molecular weight is 390 g/mol. The van der Waals surface area contributed by atoms with Gasteiger partial charge in [-0.05, 0) is 31.2 Å². The summed E-state index contributed by atoms with van der Waals surface area (Å²) in [6, 6.07) is 8.58. The molecule has 1 saturated heterocycles. The Hall–Kier alpha value is -3.00. The normalized spacial score (nSPS) is 23.1. The van der Waals surface area contributed by atoms with E-state index in [2.05, 4.69) is 5.32 Å². The van der Waals surface area contributed by atoms with Gasteiger partial charge in [-0.25, -0.2) is 4.79 Å². The van der Waals surface area contributed by atoms with Crippen molar-refractivity contribution in [2.75, 3.05) is 12.0 Å². The molecule has 2 aliphatic heterocycles. The number of ether oxygens (including phenoxy) is 2. The van der Waals surface area contributed by atoms with Crippen LogP contribution in [0.5, 0.6) is 11.5 Å². The first-order valence-electron chi connectivity index (χ1n) is 8.24. The lowest BCUT2D eigenvalue weighted by Crippen LogP contribution is -2.65. The first kappa shape index (κ1) is 17.4. The standard InChI is InChI=1S/C18H16ClN3O5/c1-18-9-13(12-8-11(22(24)25)4-6-15(12)27-18)20-17(23)21(18)14-7-10(19)3-5-16(14)26-2/h3-8,13H,9H2,1-2H3,(H,20,23). The van der Waals surface area contributed by atoms with Gasteiger partial charge >= 0.3 is 6.03 Å². The smallest absolute Gasteiger partial charge is 0.325 e. The Balaban J connectivity index is 1.81. The van der Waals surface area contributed by atoms with Gasteiger partial charge in [-0.15, -0.1) is 0 Å². The molecule has 0 spiro atoms. The largest absolute Gasteiger partial charge is 0.495 e. The van der Waals surface area contributed by atoms with E-state index in [1.807, 2.05) is 0 Å². The summed E-state index contributed by atoms with van der Waals surface area (Å²) in [5.74, 6) is 0.970. The van der Waals surface area contributed by atoms with Gasteiger partial charge in [-0.2, -0.15) is 0 Å². The van der Waals surface area contributed by atoms with Gasteiger partial charge in [0.15, 0.2) is 5.72 Å². The van der Waals surface area contributed by atoms with Crippen LogP contribution in [0, 0.1) is 10.1 Å². The topological polar surface area (TPSA) is 93.9 Å². The SMILES string of the molecule is COc1ccc(Cl)cc1N1C(=O)NC2CC1(C)Oc1ccc([N+](=O)[O-])cc12. The molecule has 27 heavy (non-hydrogen) atoms. The van der Waals surface area contributed by atoms with Crippen molar-refractivity contribution in [1.82, 2.24) is 5.32 Å². The number of amides is 2. The zero-order valence-corrected chi connectivity index (χ0v) is 15.3. The third kappa shape index (κ3) is 2.73. The Kier molecular flexibility index (Phi) is 3.88. The first-order valence-corrected chi connectivity index (χ1v) is 8.62. The Labute approximate surface area is 159 Å². The van der Waals surface area contributed by atoms with Crippen LogP contribution in [0.3, 0.4) is 0 Å². The van der Waals surface area contributed by atoms with Crippen molar-refractivity contribution < 1.29 is 19.2 Å². The number of nitro benzene ring substituents is 1. The predicted molar refractivity (Wildman–Crippen MR) is 98.5 cm³/mol. The second kappa shape index (κ2) is 6.02. The first-order chi connectivity index (χ1) is 12.8. The van der Waals surface area contributed by atoms with Crippen molar-refractivity contribution in [2.24, 2.45) is 0 Å². The number of non-ortho nitro benzene ring substituents is 1. The van der Waals surface area contributed by atoms with E-state index >= 15 is 0 Å². The maximum Gasteiger partial charge on any atom is 0.325 e. The highest BCUT2D eigenvalue weighted by molar-refractivity contribution is 6.31. The summed E-state index contributed by atoms with van der Waals surface area (Å²) < 4.78 is 11.5. The summed E-state index contributed by atoms with van der Waals surface area (Å²) in [7, 11) is 1.51. The summed E-state index contributed by atoms with van der Waals surface area (Å²) in [5, 5.41) is 14.4. The number of fused-ring (bicyclic) bond motifs is 4. The van der Waals surface area contributed by atoms with Gasteiger partial charge in [-0.3, -0.25) is 15.0 Å². The third-order valence-electron chi connectivity index (χ3n) is 4.85. The monoisotopic (exact) mass is 389 g/mol. The lowest BCUT2D eigenvalue weighted by atomic mass is 9.90. The number of nitrogens with zero attached hydrogens (tertiary/aromatic N) is 2. The Morgan fingerprint density at radius 1 is 1.37 bits per heavy atom. The van der Waals surface area contributed by atoms with Crippen LogP contribution in [0.4, 0.5) is 16.2 Å². The minimum atomic E-state index is -1.01. The van der Waals surface area contributed by atoms with E-state index in [0.717, 1.165) is 0 Å². The van der Waals surface area contributed by atoms with Gasteiger partial charge in [-0.1, -0.05) is 11.6 Å². The van der Waals surface area contributed by atoms with Gasteiger partial charge in [0.1, 0.15) is 11.5 Å². The highest BCUT2D eigenvalue weighted by Gasteiger charge is 2.50. The molecule has 2 aliphatic rings. The van der Waals surface area contributed by atoms with E-state index in [4.69, 9.17) is 21.1 Å². The molecule has 8 nitrogen and oxygen atoms in total. The highest BCUT2D eigenvalue weighted by atomic mass is 35.5. The summed E-state index contributed by atoms with van der Waals surface area (Å²) in [6.45, 7) is 1.80. The molecule has 1 N–H and O–H groups in total. The molecule has 2 heterocycles. The molecule has 2 bridgehead atoms. The maximum absolute atomic E-state index is 12.9. The molecule has 2 aromatic rings. The maximum atomic E-state index is 12.9. The quantitative estimate of drug-likeness (QED) is 0.631. The third-order valence-corrected chi connectivity index (χ3v) is 5.08. The van der Waals surface area contributed by atoms with Gasteiger partial charge in [0, 0.05) is 29.1 Å². The lowest BCUT2D eigenvalue weighted by Gasteiger charge is -2.50. The Morgan fingerprint density at radius 2 is 2.15 bits per heavy atom. The fourth-order valence-electron chi connectivity index (χ4n) is 3.68. The van der Waals surface area contributed by atoms with Gasteiger partial charge < -0.3 is 14.8 Å². The van der Waals surface area contributed by atoms with E-state index in [0.29, 0.717) is 34.2 Å². The molecule has 0 radical (unpaired) electrons. The molecule has 4 rings (SSSR count). The summed E-state index contributed by atoms with van der Waals surface area (Å²) in [4.78, 5) is 25.0. The number of methoxy groups -OCH3 is 1. The number of anilines is 1. The van der Waals surface area contributed by atoms with Gasteiger partial charge in [0.2, 0.25) is 0 Å². The molecule has 0 aromatic heterocycles. The van der Waals surface area contributed by atoms with Crippen LogP contribution >= 0.6 is 11.6 Å². The number of hydrogen-bond donors (Lipinski definition) is 1. The highest BCUT2D eigenvalue weighted by Crippen LogP contribution is 2.48. The van der Waals surface area contributed by atoms with E-state index in [-0.39, 0.29) is 5.69 Å². The molecule has 140 valence electrons. The number of nitro groups is 1. The van der Waals surface area contributed by atoms with Gasteiger partial charge in [0.05, 0.1) is 23.8 Å². The lowest BCUT2D eigenvalue weighted by molar-refractivity contribution is -0.385. The number of halogens is 1. The molecular formula is C18H16ClN3O5. The fourth-order valence-corrected chi connectivity index (χ4v) is 3.84. The number of carbonyl (C=O) groups excluding carboxylic acids is 1. The molecule has 2 aromatic carbocycles. The summed E-state index contributed by atoms with van der Waals surface area (Å²) in [6.07, 6.45) is 0.405. The molecule has 2 unspecified atom stereocenters. The zero-order valence-electron chi connectivity index (χ0n) is 14.6. The minimum absolute atomic E-state index is 0.0471. The summed E-state index contributed by atoms with van der Waals surface area (Å²) in [5.41, 5.74) is 0.0179. The van der Waals surface area contributed by atoms with Crippen molar-refractivity contribution in [1.29, 1.82) is 0 Å². The predicted octanol–water partition coefficient (Wildman–Crippen LogP) is 4.03. The molecule has 0 saturated carbocycles. The van der Waals surface area contributed by atoms with Crippen molar-refractivity contribution in [3.05, 3.63) is 57.1 Å². The molecular weight excluding hydrogens is 374 g/mol. The zero-order chi connectivity index (χ0) is 19.3. The van der Waals surface area contributed by atoms with Crippen molar-refractivity contribution in [3.8, 4) is 11.5 Å². The van der Waals surface area contributed by atoms with Crippen LogP contribution in [0.2, 0.25) is 5.02 Å². The van der Waals surface area contributed by atoms with Crippen LogP contribution in [-0.4, -0.2) is 23.8 Å². The van der Waals surface area contributed by atoms with Crippen LogP contribution < -0.4 is 19.7 Å². The number of carbonyl (C=O) groups is 1. The Morgan fingerprint density at radius 3 is 2.85 bits per heavy atom. The van der Waals surface area contributed by atoms with Crippen LogP contribution in [-0.2, 0) is 0 Å². The average Bonchev–Trinajstić information content (AvgIpc) is 2.60. The summed E-state index contributed by atoms with van der Waals surface area (Å²) >= 11 is 6.13. The number of hydrogen-bond acceptors (Lipinski definition) is 5. The van der Waals surface area contributed by atoms with Crippen molar-refractivity contribution >= 4 is 29.0 Å². The fraction of sp³-hybridized carbons (Fsp3) is 0.278. The number of nitrogens with one attached hydrogen (secondary N) is 1. The van der Waals surface area contributed by atoms with E-state index in [1.54, 1.807) is 31.2 Å². The van der Waals surface area contributed by atoms with Crippen LogP contribution in [0.25, 0.3) is 0 Å². The molecule has 9 heteroatoms. The van der Waals surface area contributed by atoms with Gasteiger partial charge in [0.25, 0.3) is 5.69 Å². The second-order valence-corrected chi connectivity index (χ2v) is 7.05. The Bertz CT molecular complexity index is 966. The molecule has 0 aliphatic carbocycles. The van der Waals surface area contributed by atoms with Crippen LogP contribution in [0.1, 0.15) is 24.9 Å². The molecule has 2 amide bonds. The van der Waals surface area contributed by atoms with E-state index in [1.165, 1.54) is 24.1 Å². The van der Waals surface area contributed by atoms with Crippen molar-refractivity contribution in [2.45, 2.75) is 25.1 Å². The molecule has 1 fully saturated rings. The number of urea groups is 1. The molecule has 2 atom stereocenters.